The Balaban J connectivity index is 3.55. The van der Waals surface area contributed by atoms with Crippen molar-refractivity contribution in [1.82, 2.24) is 0 Å². The molecule has 0 aromatic carbocycles. The number of allylic oxidation sites excluding steroid dienone is 4. The van der Waals surface area contributed by atoms with Gasteiger partial charge in [-0.15, -0.1) is 0 Å². The molecule has 36 heavy (non-hydrogen) atoms. The first-order valence-electron chi connectivity index (χ1n) is 14.9. The zero-order valence-electron chi connectivity index (χ0n) is 24.3. The summed E-state index contributed by atoms with van der Waals surface area (Å²) in [5, 5.41) is 8.65. The molecule has 214 valence electrons. The smallest absolute Gasteiger partial charge is 0.362 e. The van der Waals surface area contributed by atoms with Crippen molar-refractivity contribution >= 4 is 7.60 Å². The van der Waals surface area contributed by atoms with Crippen molar-refractivity contribution in [3.05, 3.63) is 24.3 Å². The summed E-state index contributed by atoms with van der Waals surface area (Å²) in [6, 6.07) is 0. The van der Waals surface area contributed by atoms with Crippen LogP contribution in [0, 0.1) is 0 Å². The third kappa shape index (κ3) is 21.6. The van der Waals surface area contributed by atoms with Gasteiger partial charge in [-0.25, -0.2) is 0 Å². The van der Waals surface area contributed by atoms with E-state index < -0.39 is 12.9 Å². The molecule has 0 radical (unpaired) electrons. The summed E-state index contributed by atoms with van der Waals surface area (Å²) in [5.74, 6) is 0. The molecule has 0 bridgehead atoms. The fourth-order valence-electron chi connectivity index (χ4n) is 4.67. The van der Waals surface area contributed by atoms with E-state index in [4.69, 9.17) is 0 Å². The highest BCUT2D eigenvalue weighted by molar-refractivity contribution is 7.53. The summed E-state index contributed by atoms with van der Waals surface area (Å²) in [6.45, 7) is 2.32. The van der Waals surface area contributed by atoms with Crippen LogP contribution in [0.2, 0.25) is 0 Å². The van der Waals surface area contributed by atoms with Gasteiger partial charge in [0.05, 0.1) is 21.1 Å². The molecule has 0 heterocycles. The van der Waals surface area contributed by atoms with Crippen molar-refractivity contribution in [3.8, 4) is 0 Å². The summed E-state index contributed by atoms with van der Waals surface area (Å²) in [5.41, 5.74) is 0. The van der Waals surface area contributed by atoms with E-state index in [1.807, 2.05) is 21.1 Å². The Labute approximate surface area is 224 Å². The number of quaternary nitrogens is 1. The third-order valence-corrected chi connectivity index (χ3v) is 8.22. The van der Waals surface area contributed by atoms with E-state index in [1.165, 1.54) is 89.9 Å². The Morgan fingerprint density at radius 2 is 0.944 bits per heavy atom. The van der Waals surface area contributed by atoms with Crippen molar-refractivity contribution in [1.29, 1.82) is 0 Å². The van der Waals surface area contributed by atoms with Gasteiger partial charge in [0.1, 0.15) is 6.54 Å². The Morgan fingerprint density at radius 3 is 1.28 bits per heavy atom. The van der Waals surface area contributed by atoms with Crippen LogP contribution in [0.5, 0.6) is 0 Å². The van der Waals surface area contributed by atoms with E-state index in [2.05, 4.69) is 31.2 Å². The maximum absolute atomic E-state index is 11.8. The van der Waals surface area contributed by atoms with Crippen LogP contribution in [0.15, 0.2) is 24.3 Å². The van der Waals surface area contributed by atoms with Gasteiger partial charge in [0, 0.05) is 0 Å². The number of rotatable bonds is 25. The second-order valence-electron chi connectivity index (χ2n) is 11.8. The molecular weight excluding hydrogens is 469 g/mol. The maximum atomic E-state index is 11.8. The van der Waals surface area contributed by atoms with E-state index >= 15 is 0 Å². The predicted molar refractivity (Wildman–Crippen MR) is 156 cm³/mol. The van der Waals surface area contributed by atoms with Crippen molar-refractivity contribution < 1.29 is 23.9 Å². The molecule has 0 aliphatic rings. The van der Waals surface area contributed by atoms with Gasteiger partial charge in [-0.3, -0.25) is 4.57 Å². The van der Waals surface area contributed by atoms with Gasteiger partial charge in [0.15, 0.2) is 0 Å². The zero-order chi connectivity index (χ0) is 27.2. The fourth-order valence-corrected chi connectivity index (χ4v) is 5.73. The van der Waals surface area contributed by atoms with Gasteiger partial charge in [-0.2, -0.15) is 0 Å². The lowest BCUT2D eigenvalue weighted by Crippen LogP contribution is -2.49. The van der Waals surface area contributed by atoms with E-state index in [0.29, 0.717) is 10.9 Å². The molecule has 0 spiro atoms. The van der Waals surface area contributed by atoms with Crippen LogP contribution in [0.3, 0.4) is 0 Å². The van der Waals surface area contributed by atoms with E-state index in [0.717, 1.165) is 25.7 Å². The molecule has 0 aliphatic carbocycles. The standard InChI is InChI=1S/C30H60NO4P/c1-5-6-7-8-9-10-11-12-13-14-15-16-17-18-19-20-21-22-23-24-25-26-27-28-30(32,36(33,34)35)29-31(2,3)4/h10-11,19-20,32H,5-9,12-18,21-29H2,1-4H3,(H-,33,34,35)/p+1/b11-10-,20-19-. The summed E-state index contributed by atoms with van der Waals surface area (Å²) in [4.78, 5) is 19.2. The first-order chi connectivity index (χ1) is 17.0. The number of hydrogen-bond acceptors (Lipinski definition) is 2. The molecule has 0 amide bonds. The number of likely N-dealkylation sites (N-methyl/N-ethyl adjacent to an activating group) is 1. The molecule has 0 fully saturated rings. The third-order valence-electron chi connectivity index (χ3n) is 6.77. The first kappa shape index (κ1) is 35.5. The van der Waals surface area contributed by atoms with Gasteiger partial charge >= 0.3 is 7.60 Å². The second-order valence-corrected chi connectivity index (χ2v) is 13.7. The van der Waals surface area contributed by atoms with Gasteiger partial charge in [-0.1, -0.05) is 95.4 Å². The molecular formula is C30H61NO4P+. The van der Waals surface area contributed by atoms with E-state index in [9.17, 15) is 19.5 Å². The van der Waals surface area contributed by atoms with E-state index in [-0.39, 0.29) is 13.0 Å². The number of hydrogen-bond donors (Lipinski definition) is 3. The molecule has 5 nitrogen and oxygen atoms in total. The van der Waals surface area contributed by atoms with Crippen LogP contribution in [0.1, 0.15) is 135 Å². The molecule has 0 aliphatic heterocycles. The summed E-state index contributed by atoms with van der Waals surface area (Å²) in [6.07, 6.45) is 32.7. The second kappa shape index (κ2) is 21.5. The lowest BCUT2D eigenvalue weighted by atomic mass is 10.0. The van der Waals surface area contributed by atoms with Crippen LogP contribution in [0.25, 0.3) is 0 Å². The normalized spacial score (nSPS) is 14.8. The zero-order valence-corrected chi connectivity index (χ0v) is 25.2. The average molecular weight is 531 g/mol. The Morgan fingerprint density at radius 1 is 0.611 bits per heavy atom. The molecule has 1 unspecified atom stereocenters. The minimum atomic E-state index is -4.55. The fraction of sp³-hybridized carbons (Fsp3) is 0.867. The quantitative estimate of drug-likeness (QED) is 0.0478. The SMILES string of the molecule is CCCCCC/C=C\CCCCCCC/C=C\CCCCCCCCC(O)(C[N+](C)(C)C)P(=O)(O)O. The highest BCUT2D eigenvalue weighted by atomic mass is 31.2. The molecule has 0 rings (SSSR count). The highest BCUT2D eigenvalue weighted by Gasteiger charge is 2.48. The molecule has 0 saturated heterocycles. The minimum Gasteiger partial charge on any atom is -0.373 e. The van der Waals surface area contributed by atoms with Crippen LogP contribution in [-0.4, -0.2) is 52.4 Å². The van der Waals surface area contributed by atoms with Crippen molar-refractivity contribution in [2.75, 3.05) is 27.7 Å². The van der Waals surface area contributed by atoms with Gasteiger partial charge in [-0.05, 0) is 64.2 Å². The summed E-state index contributed by atoms with van der Waals surface area (Å²) in [7, 11) is 0.967. The topological polar surface area (TPSA) is 77.8 Å². The molecule has 0 aromatic heterocycles. The van der Waals surface area contributed by atoms with Crippen molar-refractivity contribution in [2.24, 2.45) is 0 Å². The Bertz CT molecular complexity index is 609. The minimum absolute atomic E-state index is 0.0561. The number of nitrogens with zero attached hydrogens (tertiary/aromatic N) is 1. The van der Waals surface area contributed by atoms with Gasteiger partial charge in [0.2, 0.25) is 5.34 Å². The number of unbranched alkanes of at least 4 members (excludes halogenated alkanes) is 16. The molecule has 0 saturated carbocycles. The van der Waals surface area contributed by atoms with Crippen LogP contribution < -0.4 is 0 Å². The lowest BCUT2D eigenvalue weighted by Gasteiger charge is -2.35. The molecule has 1 atom stereocenters. The Kier molecular flexibility index (Phi) is 21.2. The number of aliphatic hydroxyl groups is 1. The predicted octanol–water partition coefficient (Wildman–Crippen LogP) is 8.49. The summed E-state index contributed by atoms with van der Waals surface area (Å²) >= 11 is 0. The van der Waals surface area contributed by atoms with Crippen molar-refractivity contribution in [2.45, 2.75) is 141 Å². The average Bonchev–Trinajstić information content (AvgIpc) is 2.77. The van der Waals surface area contributed by atoms with Gasteiger partial charge < -0.3 is 19.4 Å². The van der Waals surface area contributed by atoms with E-state index in [1.54, 1.807) is 0 Å². The summed E-state index contributed by atoms with van der Waals surface area (Å²) < 4.78 is 12.1. The largest absolute Gasteiger partial charge is 0.373 e. The van der Waals surface area contributed by atoms with Crippen LogP contribution in [0.4, 0.5) is 0 Å². The maximum Gasteiger partial charge on any atom is 0.362 e. The molecule has 6 heteroatoms. The lowest BCUT2D eigenvalue weighted by molar-refractivity contribution is -0.875. The molecule has 3 N–H and O–H groups in total. The highest BCUT2D eigenvalue weighted by Crippen LogP contribution is 2.52. The molecule has 0 aromatic rings. The first-order valence-corrected chi connectivity index (χ1v) is 16.5. The van der Waals surface area contributed by atoms with Crippen LogP contribution in [-0.2, 0) is 4.57 Å². The monoisotopic (exact) mass is 530 g/mol. The van der Waals surface area contributed by atoms with Crippen molar-refractivity contribution in [3.63, 3.8) is 0 Å². The Hall–Kier alpha value is -0.450. The van der Waals surface area contributed by atoms with Gasteiger partial charge in [0.25, 0.3) is 0 Å². The van der Waals surface area contributed by atoms with Crippen LogP contribution >= 0.6 is 7.60 Å².